The number of rotatable bonds is 6. The lowest BCUT2D eigenvalue weighted by atomic mass is 10.2. The Morgan fingerprint density at radius 3 is 2.73 bits per heavy atom. The predicted molar refractivity (Wildman–Crippen MR) is 96.6 cm³/mol. The predicted octanol–water partition coefficient (Wildman–Crippen LogP) is 1.89. The molecule has 0 aliphatic carbocycles. The van der Waals surface area contributed by atoms with Gasteiger partial charge in [-0.05, 0) is 42.8 Å². The number of hydrogen-bond acceptors (Lipinski definition) is 6. The number of nitrogens with zero attached hydrogens (tertiary/aromatic N) is 1. The minimum absolute atomic E-state index is 0.00528. The molecule has 3 N–H and O–H groups in total. The molecule has 0 fully saturated rings. The first-order valence-corrected chi connectivity index (χ1v) is 7.77. The highest BCUT2D eigenvalue weighted by Gasteiger charge is 2.13. The van der Waals surface area contributed by atoms with Gasteiger partial charge in [-0.15, -0.1) is 0 Å². The summed E-state index contributed by atoms with van der Waals surface area (Å²) in [5, 5.41) is 15.8. The Morgan fingerprint density at radius 2 is 2.00 bits per heavy atom. The first kappa shape index (κ1) is 18.8. The zero-order valence-corrected chi connectivity index (χ0v) is 14.4. The Labute approximate surface area is 150 Å². The van der Waals surface area contributed by atoms with Gasteiger partial charge in [0, 0.05) is 11.8 Å². The van der Waals surface area contributed by atoms with E-state index in [4.69, 9.17) is 9.47 Å². The van der Waals surface area contributed by atoms with Crippen molar-refractivity contribution >= 4 is 23.7 Å². The number of carbonyl (C=O) groups excluding carboxylic acids is 2. The van der Waals surface area contributed by atoms with E-state index >= 15 is 0 Å². The molecule has 2 aromatic carbocycles. The second-order valence-corrected chi connectivity index (χ2v) is 5.05. The summed E-state index contributed by atoms with van der Waals surface area (Å²) in [6.07, 6.45) is 1.33. The van der Waals surface area contributed by atoms with Gasteiger partial charge >= 0.3 is 11.8 Å². The first-order chi connectivity index (χ1) is 12.5. The van der Waals surface area contributed by atoms with Crippen molar-refractivity contribution in [3.63, 3.8) is 0 Å². The van der Waals surface area contributed by atoms with Gasteiger partial charge in [0.1, 0.15) is 5.75 Å². The third-order valence-electron chi connectivity index (χ3n) is 3.20. The highest BCUT2D eigenvalue weighted by Crippen LogP contribution is 2.26. The second kappa shape index (κ2) is 9.07. The molecule has 0 bridgehead atoms. The number of hydrogen-bond donors (Lipinski definition) is 3. The molecule has 8 nitrogen and oxygen atoms in total. The summed E-state index contributed by atoms with van der Waals surface area (Å²) in [5.74, 6) is -0.924. The maximum atomic E-state index is 11.8. The van der Waals surface area contributed by atoms with Crippen LogP contribution in [0.2, 0.25) is 0 Å². The van der Waals surface area contributed by atoms with E-state index in [1.807, 2.05) is 0 Å². The largest absolute Gasteiger partial charge is 0.504 e. The highest BCUT2D eigenvalue weighted by atomic mass is 16.5. The number of methoxy groups -OCH3 is 1. The van der Waals surface area contributed by atoms with Crippen molar-refractivity contribution in [1.82, 2.24) is 5.43 Å². The van der Waals surface area contributed by atoms with E-state index < -0.39 is 11.8 Å². The van der Waals surface area contributed by atoms with Crippen LogP contribution < -0.4 is 20.2 Å². The third kappa shape index (κ3) is 5.23. The van der Waals surface area contributed by atoms with Crippen molar-refractivity contribution in [1.29, 1.82) is 0 Å². The normalized spacial score (nSPS) is 10.4. The molecule has 136 valence electrons. The van der Waals surface area contributed by atoms with Gasteiger partial charge in [-0.25, -0.2) is 5.43 Å². The van der Waals surface area contributed by atoms with E-state index in [1.165, 1.54) is 19.4 Å². The molecule has 0 saturated carbocycles. The molecule has 0 aliphatic heterocycles. The topological polar surface area (TPSA) is 109 Å². The molecule has 0 atom stereocenters. The molecule has 0 radical (unpaired) electrons. The van der Waals surface area contributed by atoms with Crippen molar-refractivity contribution in [2.45, 2.75) is 6.92 Å². The molecule has 8 heteroatoms. The van der Waals surface area contributed by atoms with Gasteiger partial charge in [-0.2, -0.15) is 5.10 Å². The number of amides is 2. The van der Waals surface area contributed by atoms with Crippen LogP contribution in [0.5, 0.6) is 17.2 Å². The molecule has 0 unspecified atom stereocenters. The molecular formula is C18H19N3O5. The van der Waals surface area contributed by atoms with E-state index in [2.05, 4.69) is 15.8 Å². The molecule has 0 aromatic heterocycles. The molecule has 26 heavy (non-hydrogen) atoms. The Balaban J connectivity index is 1.93. The van der Waals surface area contributed by atoms with Gasteiger partial charge in [-0.3, -0.25) is 9.59 Å². The van der Waals surface area contributed by atoms with Gasteiger partial charge in [-0.1, -0.05) is 6.07 Å². The molecule has 0 heterocycles. The summed E-state index contributed by atoms with van der Waals surface area (Å²) in [6, 6.07) is 11.2. The average Bonchev–Trinajstić information content (AvgIpc) is 2.64. The van der Waals surface area contributed by atoms with Crippen LogP contribution in [0.15, 0.2) is 47.6 Å². The number of benzene rings is 2. The number of hydrazone groups is 1. The number of aromatic hydroxyl groups is 1. The van der Waals surface area contributed by atoms with Gasteiger partial charge < -0.3 is 19.9 Å². The Kier molecular flexibility index (Phi) is 6.55. The average molecular weight is 357 g/mol. The number of phenols is 1. The van der Waals surface area contributed by atoms with Crippen LogP contribution in [-0.2, 0) is 9.59 Å². The lowest BCUT2D eigenvalue weighted by Crippen LogP contribution is -2.32. The fourth-order valence-electron chi connectivity index (χ4n) is 1.99. The van der Waals surface area contributed by atoms with Crippen molar-refractivity contribution in [2.75, 3.05) is 19.0 Å². The minimum atomic E-state index is -0.923. The maximum absolute atomic E-state index is 11.8. The van der Waals surface area contributed by atoms with Crippen LogP contribution in [0.4, 0.5) is 5.69 Å². The fraction of sp³-hybridized carbons (Fsp3) is 0.167. The second-order valence-electron chi connectivity index (χ2n) is 5.05. The van der Waals surface area contributed by atoms with Crippen molar-refractivity contribution < 1.29 is 24.2 Å². The van der Waals surface area contributed by atoms with Gasteiger partial charge in [0.15, 0.2) is 11.5 Å². The summed E-state index contributed by atoms with van der Waals surface area (Å²) < 4.78 is 10.3. The fourth-order valence-corrected chi connectivity index (χ4v) is 1.99. The Bertz CT molecular complexity index is 820. The number of anilines is 1. The number of carbonyl (C=O) groups is 2. The third-order valence-corrected chi connectivity index (χ3v) is 3.20. The molecule has 0 spiro atoms. The molecule has 2 aromatic rings. The Morgan fingerprint density at radius 1 is 1.19 bits per heavy atom. The smallest absolute Gasteiger partial charge is 0.329 e. The van der Waals surface area contributed by atoms with Crippen LogP contribution in [0.3, 0.4) is 0 Å². The highest BCUT2D eigenvalue weighted by molar-refractivity contribution is 6.39. The summed E-state index contributed by atoms with van der Waals surface area (Å²) >= 11 is 0. The van der Waals surface area contributed by atoms with E-state index in [-0.39, 0.29) is 5.75 Å². The van der Waals surface area contributed by atoms with Crippen LogP contribution in [0.1, 0.15) is 12.5 Å². The number of nitrogens with one attached hydrogen (secondary N) is 2. The van der Waals surface area contributed by atoms with Crippen molar-refractivity contribution in [2.24, 2.45) is 5.10 Å². The summed E-state index contributed by atoms with van der Waals surface area (Å²) in [5.41, 5.74) is 3.14. The molecule has 0 saturated heterocycles. The SMILES string of the molecule is CCOc1cc(/C=N/NC(=O)C(=O)Nc2cccc(OC)c2)ccc1O. The summed E-state index contributed by atoms with van der Waals surface area (Å²) in [7, 11) is 1.50. The number of phenolic OH excluding ortho intramolecular Hbond substituents is 1. The summed E-state index contributed by atoms with van der Waals surface area (Å²) in [6.45, 7) is 2.19. The van der Waals surface area contributed by atoms with Crippen LogP contribution >= 0.6 is 0 Å². The van der Waals surface area contributed by atoms with E-state index in [0.717, 1.165) is 0 Å². The van der Waals surface area contributed by atoms with Crippen molar-refractivity contribution in [3.05, 3.63) is 48.0 Å². The zero-order valence-electron chi connectivity index (χ0n) is 14.4. The molecule has 2 amide bonds. The van der Waals surface area contributed by atoms with Crippen LogP contribution in [0, 0.1) is 0 Å². The van der Waals surface area contributed by atoms with E-state index in [9.17, 15) is 14.7 Å². The monoisotopic (exact) mass is 357 g/mol. The standard InChI is InChI=1S/C18H19N3O5/c1-3-26-16-9-12(7-8-15(16)22)11-19-21-18(24)17(23)20-13-5-4-6-14(10-13)25-2/h4-11,22H,3H2,1-2H3,(H,20,23)(H,21,24)/b19-11+. The van der Waals surface area contributed by atoms with Crippen LogP contribution in [0.25, 0.3) is 0 Å². The maximum Gasteiger partial charge on any atom is 0.329 e. The van der Waals surface area contributed by atoms with Gasteiger partial charge in [0.2, 0.25) is 0 Å². The Hall–Kier alpha value is -3.55. The lowest BCUT2D eigenvalue weighted by Gasteiger charge is -2.06. The van der Waals surface area contributed by atoms with E-state index in [1.54, 1.807) is 43.3 Å². The van der Waals surface area contributed by atoms with Gasteiger partial charge in [0.25, 0.3) is 0 Å². The lowest BCUT2D eigenvalue weighted by molar-refractivity contribution is -0.136. The molecule has 2 rings (SSSR count). The zero-order chi connectivity index (χ0) is 18.9. The first-order valence-electron chi connectivity index (χ1n) is 7.77. The number of ether oxygens (including phenoxy) is 2. The van der Waals surface area contributed by atoms with Crippen LogP contribution in [-0.4, -0.2) is 36.9 Å². The quantitative estimate of drug-likeness (QED) is 0.415. The molecular weight excluding hydrogens is 338 g/mol. The van der Waals surface area contributed by atoms with Crippen molar-refractivity contribution in [3.8, 4) is 17.2 Å². The van der Waals surface area contributed by atoms with E-state index in [0.29, 0.717) is 29.4 Å². The molecule has 0 aliphatic rings. The van der Waals surface area contributed by atoms with Gasteiger partial charge in [0.05, 0.1) is 19.9 Å². The summed E-state index contributed by atoms with van der Waals surface area (Å²) in [4.78, 5) is 23.6. The minimum Gasteiger partial charge on any atom is -0.504 e.